The van der Waals surface area contributed by atoms with E-state index in [0.29, 0.717) is 0 Å². The predicted molar refractivity (Wildman–Crippen MR) is 50.8 cm³/mol. The first-order valence-electron chi connectivity index (χ1n) is 4.30. The molecule has 1 heterocycles. The van der Waals surface area contributed by atoms with Crippen molar-refractivity contribution in [2.24, 2.45) is 0 Å². The standard InChI is InChI=1S/C9H13N3/c1-2-7-12-9-6-4-3-5-8(9)10-11-12/h3-6,10-11H,2,7H2,1H3. The van der Waals surface area contributed by atoms with E-state index in [4.69, 9.17) is 0 Å². The summed E-state index contributed by atoms with van der Waals surface area (Å²) in [6.45, 7) is 3.20. The van der Waals surface area contributed by atoms with Gasteiger partial charge in [-0.3, -0.25) is 5.01 Å². The normalized spacial score (nSPS) is 14.2. The van der Waals surface area contributed by atoms with E-state index in [-0.39, 0.29) is 0 Å². The Morgan fingerprint density at radius 2 is 2.17 bits per heavy atom. The molecule has 3 nitrogen and oxygen atoms in total. The molecule has 0 unspecified atom stereocenters. The van der Waals surface area contributed by atoms with E-state index in [1.807, 2.05) is 6.07 Å². The Hall–Kier alpha value is -1.22. The molecule has 0 spiro atoms. The number of fused-ring (bicyclic) bond motifs is 1. The first-order valence-corrected chi connectivity index (χ1v) is 4.30. The molecule has 2 rings (SSSR count). The fourth-order valence-electron chi connectivity index (χ4n) is 1.40. The second kappa shape index (κ2) is 3.03. The summed E-state index contributed by atoms with van der Waals surface area (Å²) in [5, 5.41) is 2.12. The van der Waals surface area contributed by atoms with Gasteiger partial charge in [0.05, 0.1) is 11.4 Å². The van der Waals surface area contributed by atoms with Crippen LogP contribution in [0.5, 0.6) is 0 Å². The summed E-state index contributed by atoms with van der Waals surface area (Å²) in [5.74, 6) is 0. The molecule has 0 atom stereocenters. The third-order valence-electron chi connectivity index (χ3n) is 1.97. The van der Waals surface area contributed by atoms with Gasteiger partial charge in [-0.25, -0.2) is 0 Å². The molecule has 1 aliphatic heterocycles. The van der Waals surface area contributed by atoms with Crippen LogP contribution in [0.2, 0.25) is 0 Å². The first kappa shape index (κ1) is 7.43. The topological polar surface area (TPSA) is 27.3 Å². The van der Waals surface area contributed by atoms with Crippen LogP contribution in [0.3, 0.4) is 0 Å². The number of para-hydroxylation sites is 2. The Morgan fingerprint density at radius 1 is 1.33 bits per heavy atom. The molecular formula is C9H13N3. The van der Waals surface area contributed by atoms with Crippen molar-refractivity contribution in [1.82, 2.24) is 5.53 Å². The highest BCUT2D eigenvalue weighted by atomic mass is 15.7. The maximum Gasteiger partial charge on any atom is 0.0782 e. The minimum absolute atomic E-state index is 1.03. The van der Waals surface area contributed by atoms with Gasteiger partial charge in [0.2, 0.25) is 0 Å². The lowest BCUT2D eigenvalue weighted by Crippen LogP contribution is -2.36. The summed E-state index contributed by atoms with van der Waals surface area (Å²) in [6.07, 6.45) is 1.14. The van der Waals surface area contributed by atoms with Crippen LogP contribution in [0.1, 0.15) is 13.3 Å². The van der Waals surface area contributed by atoms with E-state index in [1.54, 1.807) is 0 Å². The van der Waals surface area contributed by atoms with Crippen molar-refractivity contribution < 1.29 is 0 Å². The SMILES string of the molecule is CCCN1NNc2ccccc21. The van der Waals surface area contributed by atoms with Crippen LogP contribution in [-0.2, 0) is 0 Å². The number of nitrogens with one attached hydrogen (secondary N) is 2. The zero-order valence-electron chi connectivity index (χ0n) is 7.17. The monoisotopic (exact) mass is 163 g/mol. The van der Waals surface area contributed by atoms with Crippen molar-refractivity contribution in [1.29, 1.82) is 0 Å². The van der Waals surface area contributed by atoms with Crippen LogP contribution >= 0.6 is 0 Å². The molecule has 0 bridgehead atoms. The quantitative estimate of drug-likeness (QED) is 0.695. The second-order valence-electron chi connectivity index (χ2n) is 2.91. The number of benzene rings is 1. The van der Waals surface area contributed by atoms with E-state index in [9.17, 15) is 0 Å². The number of anilines is 2. The number of hydrogen-bond donors (Lipinski definition) is 2. The molecule has 0 aromatic heterocycles. The van der Waals surface area contributed by atoms with Gasteiger partial charge in [-0.05, 0) is 18.6 Å². The van der Waals surface area contributed by atoms with Crippen LogP contribution < -0.4 is 16.0 Å². The van der Waals surface area contributed by atoms with Gasteiger partial charge in [0.25, 0.3) is 0 Å². The van der Waals surface area contributed by atoms with E-state index >= 15 is 0 Å². The highest BCUT2D eigenvalue weighted by molar-refractivity contribution is 5.72. The molecule has 1 aromatic rings. The summed E-state index contributed by atoms with van der Waals surface area (Å²) in [7, 11) is 0. The van der Waals surface area contributed by atoms with Crippen LogP contribution in [0, 0.1) is 0 Å². The number of hydrogen-bond acceptors (Lipinski definition) is 3. The lowest BCUT2D eigenvalue weighted by Gasteiger charge is -2.15. The van der Waals surface area contributed by atoms with Gasteiger partial charge in [0.1, 0.15) is 0 Å². The number of nitrogens with zero attached hydrogens (tertiary/aromatic N) is 1. The minimum Gasteiger partial charge on any atom is -0.302 e. The third-order valence-corrected chi connectivity index (χ3v) is 1.97. The lowest BCUT2D eigenvalue weighted by molar-refractivity contribution is 0.707. The highest BCUT2D eigenvalue weighted by Crippen LogP contribution is 2.27. The van der Waals surface area contributed by atoms with E-state index in [1.165, 1.54) is 5.69 Å². The van der Waals surface area contributed by atoms with Gasteiger partial charge in [-0.2, -0.15) is 0 Å². The Morgan fingerprint density at radius 3 is 3.00 bits per heavy atom. The van der Waals surface area contributed by atoms with Crippen LogP contribution in [0.15, 0.2) is 24.3 Å². The maximum atomic E-state index is 3.11. The van der Waals surface area contributed by atoms with E-state index < -0.39 is 0 Å². The van der Waals surface area contributed by atoms with Crippen molar-refractivity contribution in [3.05, 3.63) is 24.3 Å². The molecule has 1 aliphatic rings. The number of rotatable bonds is 2. The molecule has 3 heteroatoms. The highest BCUT2D eigenvalue weighted by Gasteiger charge is 2.15. The molecule has 64 valence electrons. The van der Waals surface area contributed by atoms with Gasteiger partial charge in [-0.15, -0.1) is 5.53 Å². The van der Waals surface area contributed by atoms with Crippen molar-refractivity contribution in [3.8, 4) is 0 Å². The lowest BCUT2D eigenvalue weighted by atomic mass is 10.2. The second-order valence-corrected chi connectivity index (χ2v) is 2.91. The largest absolute Gasteiger partial charge is 0.302 e. The fraction of sp³-hybridized carbons (Fsp3) is 0.333. The summed E-state index contributed by atoms with van der Waals surface area (Å²) in [5.41, 5.74) is 8.61. The van der Waals surface area contributed by atoms with Gasteiger partial charge in [0, 0.05) is 6.54 Å². The average Bonchev–Trinajstić information content (AvgIpc) is 2.50. The Kier molecular flexibility index (Phi) is 1.87. The van der Waals surface area contributed by atoms with Crippen molar-refractivity contribution >= 4 is 11.4 Å². The zero-order valence-corrected chi connectivity index (χ0v) is 7.17. The summed E-state index contributed by atoms with van der Waals surface area (Å²) in [6, 6.07) is 8.26. The molecule has 0 fully saturated rings. The fourth-order valence-corrected chi connectivity index (χ4v) is 1.40. The molecule has 0 radical (unpaired) electrons. The number of hydrazine groups is 2. The molecule has 0 saturated heterocycles. The third kappa shape index (κ3) is 1.12. The van der Waals surface area contributed by atoms with Gasteiger partial charge in [0.15, 0.2) is 0 Å². The molecule has 1 aromatic carbocycles. The molecule has 12 heavy (non-hydrogen) atoms. The first-order chi connectivity index (χ1) is 5.92. The van der Waals surface area contributed by atoms with E-state index in [0.717, 1.165) is 18.7 Å². The average molecular weight is 163 g/mol. The maximum absolute atomic E-state index is 3.11. The molecule has 0 amide bonds. The van der Waals surface area contributed by atoms with Gasteiger partial charge >= 0.3 is 0 Å². The summed E-state index contributed by atoms with van der Waals surface area (Å²) >= 11 is 0. The van der Waals surface area contributed by atoms with Crippen LogP contribution in [0.25, 0.3) is 0 Å². The Balaban J connectivity index is 2.24. The summed E-state index contributed by atoms with van der Waals surface area (Å²) < 4.78 is 0. The molecular weight excluding hydrogens is 150 g/mol. The molecule has 0 aliphatic carbocycles. The van der Waals surface area contributed by atoms with Crippen molar-refractivity contribution in [3.63, 3.8) is 0 Å². The summed E-state index contributed by atoms with van der Waals surface area (Å²) in [4.78, 5) is 0. The van der Waals surface area contributed by atoms with Crippen molar-refractivity contribution in [2.45, 2.75) is 13.3 Å². The minimum atomic E-state index is 1.03. The smallest absolute Gasteiger partial charge is 0.0782 e. The van der Waals surface area contributed by atoms with Crippen LogP contribution in [-0.4, -0.2) is 6.54 Å². The zero-order chi connectivity index (χ0) is 8.39. The Bertz CT molecular complexity index is 270. The molecule has 0 saturated carbocycles. The van der Waals surface area contributed by atoms with Gasteiger partial charge < -0.3 is 5.43 Å². The molecule has 2 N–H and O–H groups in total. The van der Waals surface area contributed by atoms with Crippen molar-refractivity contribution in [2.75, 3.05) is 17.0 Å². The van der Waals surface area contributed by atoms with Crippen LogP contribution in [0.4, 0.5) is 11.4 Å². The van der Waals surface area contributed by atoms with E-state index in [2.05, 4.69) is 41.1 Å². The van der Waals surface area contributed by atoms with Gasteiger partial charge in [-0.1, -0.05) is 19.1 Å². The predicted octanol–water partition coefficient (Wildman–Crippen LogP) is 1.75. The Labute approximate surface area is 72.3 Å².